The quantitative estimate of drug-likeness (QED) is 0.725. The molecule has 1 saturated heterocycles. The van der Waals surface area contributed by atoms with Crippen LogP contribution in [0.1, 0.15) is 13.3 Å². The first-order valence-corrected chi connectivity index (χ1v) is 9.77. The number of hydrogen-bond acceptors (Lipinski definition) is 4. The van der Waals surface area contributed by atoms with Gasteiger partial charge in [-0.1, -0.05) is 23.2 Å². The number of carbonyl (C=O) groups is 2. The zero-order valence-electron chi connectivity index (χ0n) is 12.8. The zero-order chi connectivity index (χ0) is 17.9. The number of rotatable bonds is 4. The fourth-order valence-corrected chi connectivity index (χ4v) is 4.19. The molecule has 0 unspecified atom stereocenters. The number of sulfone groups is 1. The van der Waals surface area contributed by atoms with Gasteiger partial charge in [-0.3, -0.25) is 4.79 Å². The minimum Gasteiger partial charge on any atom is -0.334 e. The van der Waals surface area contributed by atoms with Crippen LogP contribution in [0.4, 0.5) is 10.5 Å². The lowest BCUT2D eigenvalue weighted by atomic mass is 10.2. The highest BCUT2D eigenvalue weighted by atomic mass is 35.5. The summed E-state index contributed by atoms with van der Waals surface area (Å²) in [6, 6.07) is 2.79. The van der Waals surface area contributed by atoms with Crippen LogP contribution >= 0.6 is 23.2 Å². The lowest BCUT2D eigenvalue weighted by molar-refractivity contribution is -0.117. The molecule has 0 spiro atoms. The Kier molecular flexibility index (Phi) is 5.95. The number of hydrogen-bond donors (Lipinski definition) is 3. The normalized spacial score (nSPS) is 20.2. The van der Waals surface area contributed by atoms with E-state index < -0.39 is 33.9 Å². The smallest absolute Gasteiger partial charge is 0.315 e. The van der Waals surface area contributed by atoms with Crippen molar-refractivity contribution in [3.63, 3.8) is 0 Å². The molecular formula is C14H17Cl2N3O4S. The number of amides is 3. The van der Waals surface area contributed by atoms with E-state index in [4.69, 9.17) is 23.2 Å². The Bertz CT molecular complexity index is 754. The molecule has 10 heteroatoms. The minimum absolute atomic E-state index is 0.0608. The van der Waals surface area contributed by atoms with E-state index in [2.05, 4.69) is 16.0 Å². The number of urea groups is 1. The summed E-state index contributed by atoms with van der Waals surface area (Å²) in [7, 11) is -3.08. The van der Waals surface area contributed by atoms with Gasteiger partial charge >= 0.3 is 6.03 Å². The maximum Gasteiger partial charge on any atom is 0.315 e. The van der Waals surface area contributed by atoms with Crippen LogP contribution in [0.3, 0.4) is 0 Å². The van der Waals surface area contributed by atoms with Crippen molar-refractivity contribution < 1.29 is 18.0 Å². The predicted molar refractivity (Wildman–Crippen MR) is 93.3 cm³/mol. The van der Waals surface area contributed by atoms with Gasteiger partial charge in [-0.2, -0.15) is 0 Å². The summed E-state index contributed by atoms with van der Waals surface area (Å²) < 4.78 is 22.7. The van der Waals surface area contributed by atoms with Crippen LogP contribution in [0.25, 0.3) is 0 Å². The summed E-state index contributed by atoms with van der Waals surface area (Å²) in [5.41, 5.74) is 0.449. The molecule has 1 aliphatic heterocycles. The van der Waals surface area contributed by atoms with Crippen molar-refractivity contribution in [2.75, 3.05) is 16.8 Å². The second kappa shape index (κ2) is 7.58. The lowest BCUT2D eigenvalue weighted by Gasteiger charge is -2.17. The molecule has 7 nitrogen and oxygen atoms in total. The molecule has 1 heterocycles. The van der Waals surface area contributed by atoms with Gasteiger partial charge in [0.1, 0.15) is 6.04 Å². The first kappa shape index (κ1) is 18.8. The van der Waals surface area contributed by atoms with Gasteiger partial charge in [-0.05, 0) is 31.5 Å². The highest BCUT2D eigenvalue weighted by molar-refractivity contribution is 7.91. The van der Waals surface area contributed by atoms with Crippen LogP contribution in [-0.4, -0.2) is 43.9 Å². The topological polar surface area (TPSA) is 104 Å². The van der Waals surface area contributed by atoms with Crippen molar-refractivity contribution in [1.29, 1.82) is 0 Å². The maximum absolute atomic E-state index is 12.1. The highest BCUT2D eigenvalue weighted by Gasteiger charge is 2.29. The monoisotopic (exact) mass is 393 g/mol. The molecule has 3 N–H and O–H groups in total. The standard InChI is InChI=1S/C14H17Cl2N3O4S/c1-8(13(20)18-9-2-3-11(15)12(16)6-9)17-14(21)19-10-4-5-24(22,23)7-10/h2-3,6,8,10H,4-5,7H2,1H3,(H,18,20)(H2,17,19,21)/t8-,10-/m0/s1. The van der Waals surface area contributed by atoms with Gasteiger partial charge < -0.3 is 16.0 Å². The summed E-state index contributed by atoms with van der Waals surface area (Å²) in [5, 5.41) is 8.29. The first-order valence-electron chi connectivity index (χ1n) is 7.19. The molecule has 0 aromatic heterocycles. The Morgan fingerprint density at radius 1 is 1.25 bits per heavy atom. The zero-order valence-corrected chi connectivity index (χ0v) is 15.1. The van der Waals surface area contributed by atoms with E-state index in [1.165, 1.54) is 13.0 Å². The van der Waals surface area contributed by atoms with Gasteiger partial charge in [0.25, 0.3) is 0 Å². The summed E-state index contributed by atoms with van der Waals surface area (Å²) in [5.74, 6) is -0.460. The van der Waals surface area contributed by atoms with Gasteiger partial charge in [-0.25, -0.2) is 13.2 Å². The van der Waals surface area contributed by atoms with Crippen LogP contribution in [0.2, 0.25) is 10.0 Å². The molecule has 0 saturated carbocycles. The third-order valence-electron chi connectivity index (χ3n) is 3.50. The number of nitrogens with one attached hydrogen (secondary N) is 3. The van der Waals surface area contributed by atoms with E-state index in [0.29, 0.717) is 22.2 Å². The van der Waals surface area contributed by atoms with Crippen LogP contribution in [0, 0.1) is 0 Å². The molecule has 0 bridgehead atoms. The largest absolute Gasteiger partial charge is 0.334 e. The highest BCUT2D eigenvalue weighted by Crippen LogP contribution is 2.25. The molecule has 1 fully saturated rings. The molecule has 1 aromatic rings. The van der Waals surface area contributed by atoms with E-state index >= 15 is 0 Å². The summed E-state index contributed by atoms with van der Waals surface area (Å²) in [6.45, 7) is 1.51. The van der Waals surface area contributed by atoms with Crippen LogP contribution in [0.15, 0.2) is 18.2 Å². The molecule has 24 heavy (non-hydrogen) atoms. The molecule has 1 aliphatic rings. The Balaban J connectivity index is 1.84. The lowest BCUT2D eigenvalue weighted by Crippen LogP contribution is -2.49. The number of anilines is 1. The van der Waals surface area contributed by atoms with Crippen molar-refractivity contribution in [2.45, 2.75) is 25.4 Å². The van der Waals surface area contributed by atoms with Crippen LogP contribution in [-0.2, 0) is 14.6 Å². The average Bonchev–Trinajstić information content (AvgIpc) is 2.81. The SMILES string of the molecule is C[C@H](NC(=O)N[C@H]1CCS(=O)(=O)C1)C(=O)Nc1ccc(Cl)c(Cl)c1. The average molecular weight is 394 g/mol. The summed E-state index contributed by atoms with van der Waals surface area (Å²) in [4.78, 5) is 23.9. The van der Waals surface area contributed by atoms with Crippen molar-refractivity contribution in [2.24, 2.45) is 0 Å². The van der Waals surface area contributed by atoms with Gasteiger partial charge in [0.05, 0.1) is 21.6 Å². The molecule has 3 amide bonds. The third-order valence-corrected chi connectivity index (χ3v) is 6.00. The molecule has 0 aliphatic carbocycles. The number of benzene rings is 1. The predicted octanol–water partition coefficient (Wildman–Crippen LogP) is 1.81. The summed E-state index contributed by atoms with van der Waals surface area (Å²) in [6.07, 6.45) is 0.375. The van der Waals surface area contributed by atoms with Gasteiger partial charge in [0, 0.05) is 11.7 Å². The number of carbonyl (C=O) groups excluding carboxylic acids is 2. The van der Waals surface area contributed by atoms with Crippen molar-refractivity contribution >= 4 is 50.7 Å². The van der Waals surface area contributed by atoms with Crippen LogP contribution in [0.5, 0.6) is 0 Å². The third kappa shape index (κ3) is 5.25. The van der Waals surface area contributed by atoms with Crippen molar-refractivity contribution in [1.82, 2.24) is 10.6 Å². The second-order valence-corrected chi connectivity index (χ2v) is 8.60. The van der Waals surface area contributed by atoms with Gasteiger partial charge in [0.15, 0.2) is 9.84 Å². The Morgan fingerprint density at radius 3 is 2.54 bits per heavy atom. The Hall–Kier alpha value is -1.51. The maximum atomic E-state index is 12.1. The Morgan fingerprint density at radius 2 is 1.96 bits per heavy atom. The van der Waals surface area contributed by atoms with Gasteiger partial charge in [0.2, 0.25) is 5.91 Å². The molecule has 132 valence electrons. The molecular weight excluding hydrogens is 377 g/mol. The molecule has 0 radical (unpaired) electrons. The number of halogens is 2. The summed E-state index contributed by atoms with van der Waals surface area (Å²) >= 11 is 11.7. The fraction of sp³-hybridized carbons (Fsp3) is 0.429. The first-order chi connectivity index (χ1) is 11.2. The van der Waals surface area contributed by atoms with E-state index in [-0.39, 0.29) is 11.5 Å². The van der Waals surface area contributed by atoms with Crippen LogP contribution < -0.4 is 16.0 Å². The minimum atomic E-state index is -3.08. The van der Waals surface area contributed by atoms with E-state index in [1.54, 1.807) is 12.1 Å². The van der Waals surface area contributed by atoms with Gasteiger partial charge in [-0.15, -0.1) is 0 Å². The fourth-order valence-electron chi connectivity index (χ4n) is 2.22. The molecule has 2 rings (SSSR count). The van der Waals surface area contributed by atoms with Crippen molar-refractivity contribution in [3.8, 4) is 0 Å². The van der Waals surface area contributed by atoms with E-state index in [9.17, 15) is 18.0 Å². The van der Waals surface area contributed by atoms with E-state index in [0.717, 1.165) is 0 Å². The van der Waals surface area contributed by atoms with E-state index in [1.807, 2.05) is 0 Å². The molecule has 1 aromatic carbocycles. The molecule has 2 atom stereocenters. The second-order valence-electron chi connectivity index (χ2n) is 5.56. The Labute approximate surface area is 150 Å². The van der Waals surface area contributed by atoms with Crippen molar-refractivity contribution in [3.05, 3.63) is 28.2 Å².